The lowest BCUT2D eigenvalue weighted by atomic mass is 10.1. The minimum Gasteiger partial charge on any atom is -0.442 e. The molecule has 0 aliphatic heterocycles. The van der Waals surface area contributed by atoms with Crippen molar-refractivity contribution < 1.29 is 18.0 Å². The van der Waals surface area contributed by atoms with Crippen LogP contribution in [-0.4, -0.2) is 5.78 Å². The fourth-order valence-electron chi connectivity index (χ4n) is 1.41. The van der Waals surface area contributed by atoms with Crippen LogP contribution in [0.2, 0.25) is 5.22 Å². The Hall–Kier alpha value is -1.68. The Morgan fingerprint density at radius 1 is 1.24 bits per heavy atom. The number of furan rings is 1. The Balaban J connectivity index is 2.21. The van der Waals surface area contributed by atoms with E-state index in [2.05, 4.69) is 0 Å². The van der Waals surface area contributed by atoms with Crippen LogP contribution >= 0.6 is 11.6 Å². The van der Waals surface area contributed by atoms with Crippen LogP contribution in [-0.2, 0) is 6.42 Å². The van der Waals surface area contributed by atoms with Crippen molar-refractivity contribution >= 4 is 17.4 Å². The van der Waals surface area contributed by atoms with E-state index in [-0.39, 0.29) is 23.0 Å². The summed E-state index contributed by atoms with van der Waals surface area (Å²) in [4.78, 5) is 11.6. The van der Waals surface area contributed by atoms with Gasteiger partial charge in [0.25, 0.3) is 0 Å². The van der Waals surface area contributed by atoms with Crippen LogP contribution in [0, 0.1) is 11.6 Å². The molecule has 2 rings (SSSR count). The first-order valence-corrected chi connectivity index (χ1v) is 5.17. The second-order valence-electron chi connectivity index (χ2n) is 3.42. The Labute approximate surface area is 101 Å². The summed E-state index contributed by atoms with van der Waals surface area (Å²) < 4.78 is 31.1. The maximum absolute atomic E-state index is 13.3. The summed E-state index contributed by atoms with van der Waals surface area (Å²) in [5.41, 5.74) is -0.0116. The van der Waals surface area contributed by atoms with Gasteiger partial charge in [-0.05, 0) is 35.4 Å². The molecule has 1 aromatic carbocycles. The average Bonchev–Trinajstić information content (AvgIpc) is 2.72. The molecule has 0 radical (unpaired) electrons. The molecule has 0 aliphatic rings. The number of hydrogen-bond donors (Lipinski definition) is 0. The minimum atomic E-state index is -1.02. The molecule has 0 unspecified atom stereocenters. The van der Waals surface area contributed by atoms with E-state index >= 15 is 0 Å². The molecule has 1 aromatic heterocycles. The van der Waals surface area contributed by atoms with Gasteiger partial charge >= 0.3 is 0 Å². The van der Waals surface area contributed by atoms with Crippen molar-refractivity contribution in [3.8, 4) is 0 Å². The van der Waals surface area contributed by atoms with Gasteiger partial charge in [0.1, 0.15) is 0 Å². The van der Waals surface area contributed by atoms with Crippen LogP contribution in [0.25, 0.3) is 0 Å². The zero-order valence-electron chi connectivity index (χ0n) is 8.54. The standard InChI is InChI=1S/C12H7ClF2O2/c13-11-5-4-10(17-11)9(16)6-7-2-1-3-8(14)12(7)15/h1-5H,6H2. The Morgan fingerprint density at radius 2 is 2.00 bits per heavy atom. The van der Waals surface area contributed by atoms with Crippen LogP contribution < -0.4 is 0 Å². The fourth-order valence-corrected chi connectivity index (χ4v) is 1.56. The van der Waals surface area contributed by atoms with Gasteiger partial charge in [-0.3, -0.25) is 4.79 Å². The van der Waals surface area contributed by atoms with Crippen molar-refractivity contribution in [3.63, 3.8) is 0 Å². The monoisotopic (exact) mass is 256 g/mol. The molecule has 0 spiro atoms. The molecule has 17 heavy (non-hydrogen) atoms. The maximum atomic E-state index is 13.3. The van der Waals surface area contributed by atoms with Crippen LogP contribution in [0.3, 0.4) is 0 Å². The van der Waals surface area contributed by atoms with E-state index in [9.17, 15) is 13.6 Å². The van der Waals surface area contributed by atoms with Crippen molar-refractivity contribution in [3.05, 3.63) is 58.5 Å². The lowest BCUT2D eigenvalue weighted by Crippen LogP contribution is -2.05. The molecule has 2 nitrogen and oxygen atoms in total. The van der Waals surface area contributed by atoms with E-state index in [1.165, 1.54) is 24.3 Å². The van der Waals surface area contributed by atoms with Gasteiger partial charge in [-0.2, -0.15) is 0 Å². The molecule has 88 valence electrons. The summed E-state index contributed by atoms with van der Waals surface area (Å²) in [5.74, 6) is -2.42. The molecule has 0 bridgehead atoms. The van der Waals surface area contributed by atoms with Gasteiger partial charge in [0, 0.05) is 6.42 Å². The highest BCUT2D eigenvalue weighted by atomic mass is 35.5. The zero-order valence-corrected chi connectivity index (χ0v) is 9.30. The number of ketones is 1. The quantitative estimate of drug-likeness (QED) is 0.785. The van der Waals surface area contributed by atoms with Crippen molar-refractivity contribution in [1.29, 1.82) is 0 Å². The van der Waals surface area contributed by atoms with Gasteiger partial charge in [-0.1, -0.05) is 12.1 Å². The zero-order chi connectivity index (χ0) is 12.4. The van der Waals surface area contributed by atoms with Gasteiger partial charge < -0.3 is 4.42 Å². The molecule has 0 aliphatic carbocycles. The first-order valence-electron chi connectivity index (χ1n) is 4.79. The van der Waals surface area contributed by atoms with Crippen molar-refractivity contribution in [2.45, 2.75) is 6.42 Å². The molecule has 0 atom stereocenters. The lowest BCUT2D eigenvalue weighted by Gasteiger charge is -2.01. The van der Waals surface area contributed by atoms with E-state index in [1.54, 1.807) is 0 Å². The number of Topliss-reactive ketones (excluding diaryl/α,β-unsaturated/α-hetero) is 1. The molecule has 0 saturated heterocycles. The van der Waals surface area contributed by atoms with E-state index in [1.807, 2.05) is 0 Å². The Bertz CT molecular complexity index is 563. The summed E-state index contributed by atoms with van der Waals surface area (Å²) in [6.07, 6.45) is -0.270. The van der Waals surface area contributed by atoms with E-state index in [0.717, 1.165) is 6.07 Å². The highest BCUT2D eigenvalue weighted by Gasteiger charge is 2.15. The predicted octanol–water partition coefficient (Wildman–Crippen LogP) is 3.64. The van der Waals surface area contributed by atoms with Gasteiger partial charge in [0.2, 0.25) is 5.78 Å². The van der Waals surface area contributed by atoms with Crippen LogP contribution in [0.4, 0.5) is 8.78 Å². The molecule has 2 aromatic rings. The summed E-state index contributed by atoms with van der Waals surface area (Å²) >= 11 is 5.51. The third-order valence-corrected chi connectivity index (χ3v) is 2.43. The first-order chi connectivity index (χ1) is 8.08. The highest BCUT2D eigenvalue weighted by molar-refractivity contribution is 6.29. The number of benzene rings is 1. The Kier molecular flexibility index (Phi) is 3.24. The number of rotatable bonds is 3. The van der Waals surface area contributed by atoms with Crippen molar-refractivity contribution in [2.24, 2.45) is 0 Å². The summed E-state index contributed by atoms with van der Waals surface area (Å²) in [6.45, 7) is 0. The second-order valence-corrected chi connectivity index (χ2v) is 3.79. The highest BCUT2D eigenvalue weighted by Crippen LogP contribution is 2.17. The predicted molar refractivity (Wildman–Crippen MR) is 58.1 cm³/mol. The van der Waals surface area contributed by atoms with E-state index in [0.29, 0.717) is 0 Å². The van der Waals surface area contributed by atoms with Gasteiger partial charge in [-0.15, -0.1) is 0 Å². The summed E-state index contributed by atoms with van der Waals surface area (Å²) in [6, 6.07) is 6.49. The molecule has 0 amide bonds. The molecule has 0 saturated carbocycles. The molecular formula is C12H7ClF2O2. The maximum Gasteiger partial charge on any atom is 0.202 e. The SMILES string of the molecule is O=C(Cc1cccc(F)c1F)c1ccc(Cl)o1. The minimum absolute atomic E-state index is 0.0116. The summed E-state index contributed by atoms with van der Waals surface area (Å²) in [5, 5.41) is 0.0769. The van der Waals surface area contributed by atoms with Crippen LogP contribution in [0.1, 0.15) is 16.1 Å². The molecule has 0 N–H and O–H groups in total. The molecule has 1 heterocycles. The van der Waals surface area contributed by atoms with Gasteiger partial charge in [0.05, 0.1) is 0 Å². The number of hydrogen-bond acceptors (Lipinski definition) is 2. The van der Waals surface area contributed by atoms with Crippen LogP contribution in [0.5, 0.6) is 0 Å². The molecule has 5 heteroatoms. The van der Waals surface area contributed by atoms with Crippen molar-refractivity contribution in [1.82, 2.24) is 0 Å². The second kappa shape index (κ2) is 4.67. The number of carbonyl (C=O) groups excluding carboxylic acids is 1. The summed E-state index contributed by atoms with van der Waals surface area (Å²) in [7, 11) is 0. The molecule has 0 fully saturated rings. The Morgan fingerprint density at radius 3 is 2.65 bits per heavy atom. The smallest absolute Gasteiger partial charge is 0.202 e. The third-order valence-electron chi connectivity index (χ3n) is 2.23. The fraction of sp³-hybridized carbons (Fsp3) is 0.0833. The molecular weight excluding hydrogens is 250 g/mol. The topological polar surface area (TPSA) is 30.2 Å². The number of halogens is 3. The third kappa shape index (κ3) is 2.53. The number of carbonyl (C=O) groups is 1. The average molecular weight is 257 g/mol. The normalized spacial score (nSPS) is 10.5. The van der Waals surface area contributed by atoms with Gasteiger partial charge in [-0.25, -0.2) is 8.78 Å². The van der Waals surface area contributed by atoms with E-state index < -0.39 is 17.4 Å². The van der Waals surface area contributed by atoms with Crippen molar-refractivity contribution in [2.75, 3.05) is 0 Å². The van der Waals surface area contributed by atoms with Crippen LogP contribution in [0.15, 0.2) is 34.7 Å². The first kappa shape index (κ1) is 11.8. The largest absolute Gasteiger partial charge is 0.442 e. The van der Waals surface area contributed by atoms with Gasteiger partial charge in [0.15, 0.2) is 22.6 Å². The van der Waals surface area contributed by atoms with E-state index in [4.69, 9.17) is 16.0 Å². The lowest BCUT2D eigenvalue weighted by molar-refractivity contribution is 0.0965.